The molecule has 1 aromatic heterocycles. The number of carbonyl (C=O) groups excluding carboxylic acids is 2. The number of benzene rings is 1. The average Bonchev–Trinajstić information content (AvgIpc) is 3.16. The van der Waals surface area contributed by atoms with Gasteiger partial charge in [-0.2, -0.15) is 0 Å². The third-order valence-electron chi connectivity index (χ3n) is 5.91. The van der Waals surface area contributed by atoms with Crippen LogP contribution in [0.2, 0.25) is 0 Å². The number of carbonyl (C=O) groups is 2. The third kappa shape index (κ3) is 4.77. The Balaban J connectivity index is 1.29. The zero-order valence-electron chi connectivity index (χ0n) is 16.6. The highest BCUT2D eigenvalue weighted by Gasteiger charge is 2.33. The number of aryl methyl sites for hydroxylation is 1. The van der Waals surface area contributed by atoms with Gasteiger partial charge >= 0.3 is 0 Å². The Morgan fingerprint density at radius 1 is 1.14 bits per heavy atom. The summed E-state index contributed by atoms with van der Waals surface area (Å²) in [6.45, 7) is 1.74. The molecular weight excluding hydrogens is 388 g/mol. The molecule has 1 saturated heterocycles. The fraction of sp³-hybridized carbons (Fsp3) is 0.550. The molecule has 1 saturated carbocycles. The van der Waals surface area contributed by atoms with E-state index >= 15 is 0 Å². The van der Waals surface area contributed by atoms with Crippen molar-refractivity contribution in [1.82, 2.24) is 25.1 Å². The number of rotatable bonds is 5. The van der Waals surface area contributed by atoms with E-state index in [-0.39, 0.29) is 17.6 Å². The molecule has 2 aliphatic rings. The predicted octanol–water partition coefficient (Wildman–Crippen LogP) is 2.59. The van der Waals surface area contributed by atoms with E-state index in [1.165, 1.54) is 42.1 Å². The number of nitrogens with one attached hydrogen (secondary N) is 1. The lowest BCUT2D eigenvalue weighted by molar-refractivity contribution is -0.113. The van der Waals surface area contributed by atoms with Gasteiger partial charge in [-0.25, -0.2) is 4.68 Å². The average molecular weight is 415 g/mol. The number of hydrogen-bond donors (Lipinski definition) is 1. The summed E-state index contributed by atoms with van der Waals surface area (Å²) in [5.41, 5.74) is 1.35. The van der Waals surface area contributed by atoms with Crippen LogP contribution in [0.5, 0.6) is 0 Å². The second kappa shape index (κ2) is 8.94. The number of aromatic nitrogens is 4. The Bertz CT molecular complexity index is 868. The Morgan fingerprint density at radius 3 is 2.62 bits per heavy atom. The van der Waals surface area contributed by atoms with Crippen LogP contribution in [0.25, 0.3) is 0 Å². The van der Waals surface area contributed by atoms with Crippen LogP contribution in [-0.4, -0.2) is 55.8 Å². The molecule has 0 radical (unpaired) electrons. The van der Waals surface area contributed by atoms with Crippen molar-refractivity contribution in [2.75, 3.05) is 24.2 Å². The summed E-state index contributed by atoms with van der Waals surface area (Å²) in [5, 5.41) is 14.5. The lowest BCUT2D eigenvalue weighted by Gasteiger charge is -2.41. The number of likely N-dealkylation sites (tertiary alicyclic amines) is 1. The number of piperidine rings is 1. The van der Waals surface area contributed by atoms with Gasteiger partial charge in [0.1, 0.15) is 0 Å². The van der Waals surface area contributed by atoms with Gasteiger partial charge in [-0.3, -0.25) is 9.59 Å². The topological polar surface area (TPSA) is 93.0 Å². The van der Waals surface area contributed by atoms with Crippen LogP contribution in [0, 0.1) is 11.8 Å². The van der Waals surface area contributed by atoms with E-state index in [2.05, 4.69) is 20.8 Å². The van der Waals surface area contributed by atoms with Crippen LogP contribution in [-0.2, 0) is 11.8 Å². The first-order valence-corrected chi connectivity index (χ1v) is 11.1. The molecule has 2 amide bonds. The summed E-state index contributed by atoms with van der Waals surface area (Å²) < 4.78 is 1.52. The van der Waals surface area contributed by atoms with Gasteiger partial charge in [0.2, 0.25) is 11.1 Å². The molecule has 9 heteroatoms. The summed E-state index contributed by atoms with van der Waals surface area (Å²) in [6.07, 6.45) is 6.34. The number of thioether (sulfide) groups is 1. The lowest BCUT2D eigenvalue weighted by atomic mass is 9.75. The number of hydrogen-bond acceptors (Lipinski definition) is 6. The first-order chi connectivity index (χ1) is 14.1. The zero-order valence-corrected chi connectivity index (χ0v) is 17.4. The molecule has 0 unspecified atom stereocenters. The van der Waals surface area contributed by atoms with Crippen molar-refractivity contribution in [3.63, 3.8) is 0 Å². The van der Waals surface area contributed by atoms with E-state index in [9.17, 15) is 9.59 Å². The lowest BCUT2D eigenvalue weighted by Crippen LogP contribution is -2.44. The van der Waals surface area contributed by atoms with Crippen molar-refractivity contribution in [1.29, 1.82) is 0 Å². The molecule has 2 atom stereocenters. The molecule has 1 aromatic carbocycles. The highest BCUT2D eigenvalue weighted by Crippen LogP contribution is 2.36. The van der Waals surface area contributed by atoms with Crippen molar-refractivity contribution in [2.24, 2.45) is 18.9 Å². The molecule has 2 aromatic rings. The van der Waals surface area contributed by atoms with Crippen molar-refractivity contribution in [3.05, 3.63) is 29.8 Å². The molecule has 29 heavy (non-hydrogen) atoms. The number of amides is 2. The van der Waals surface area contributed by atoms with Crippen molar-refractivity contribution in [2.45, 2.75) is 37.3 Å². The van der Waals surface area contributed by atoms with E-state index in [1.54, 1.807) is 31.3 Å². The van der Waals surface area contributed by atoms with Gasteiger partial charge in [0.05, 0.1) is 5.75 Å². The van der Waals surface area contributed by atoms with Crippen LogP contribution in [0.1, 0.15) is 42.5 Å². The second-order valence-electron chi connectivity index (χ2n) is 7.84. The van der Waals surface area contributed by atoms with Gasteiger partial charge in [0, 0.05) is 31.4 Å². The van der Waals surface area contributed by atoms with Gasteiger partial charge in [-0.1, -0.05) is 31.0 Å². The number of nitrogens with zero attached hydrogens (tertiary/aromatic N) is 5. The molecule has 1 aliphatic carbocycles. The van der Waals surface area contributed by atoms with E-state index in [1.807, 2.05) is 4.90 Å². The maximum atomic E-state index is 12.9. The quantitative estimate of drug-likeness (QED) is 0.756. The fourth-order valence-corrected chi connectivity index (χ4v) is 4.98. The van der Waals surface area contributed by atoms with Crippen LogP contribution >= 0.6 is 11.8 Å². The molecule has 1 N–H and O–H groups in total. The van der Waals surface area contributed by atoms with Crippen LogP contribution in [0.15, 0.2) is 29.4 Å². The summed E-state index contributed by atoms with van der Waals surface area (Å²) in [6, 6.07) is 7.16. The molecule has 8 nitrogen and oxygen atoms in total. The number of anilines is 1. The van der Waals surface area contributed by atoms with Crippen LogP contribution < -0.4 is 5.32 Å². The van der Waals surface area contributed by atoms with E-state index in [0.717, 1.165) is 25.4 Å². The van der Waals surface area contributed by atoms with E-state index in [4.69, 9.17) is 0 Å². The second-order valence-corrected chi connectivity index (χ2v) is 8.79. The SMILES string of the molecule is Cn1nnnc1SCC(=O)Nc1ccc(C(=O)N2CC[C@@H]3CCCC[C@H]3C2)cc1. The van der Waals surface area contributed by atoms with Gasteiger partial charge in [0.25, 0.3) is 5.91 Å². The first kappa shape index (κ1) is 19.9. The van der Waals surface area contributed by atoms with Crippen molar-refractivity contribution >= 4 is 29.3 Å². The summed E-state index contributed by atoms with van der Waals surface area (Å²) in [7, 11) is 1.73. The molecule has 2 heterocycles. The third-order valence-corrected chi connectivity index (χ3v) is 6.92. The molecular formula is C20H26N6O2S. The Morgan fingerprint density at radius 2 is 1.90 bits per heavy atom. The first-order valence-electron chi connectivity index (χ1n) is 10.1. The van der Waals surface area contributed by atoms with Gasteiger partial charge in [0.15, 0.2) is 0 Å². The Hall–Kier alpha value is -2.42. The van der Waals surface area contributed by atoms with Gasteiger partial charge in [-0.05, 0) is 59.4 Å². The summed E-state index contributed by atoms with van der Waals surface area (Å²) in [5.74, 6) is 1.64. The minimum Gasteiger partial charge on any atom is -0.338 e. The molecule has 154 valence electrons. The predicted molar refractivity (Wildman–Crippen MR) is 111 cm³/mol. The summed E-state index contributed by atoms with van der Waals surface area (Å²) >= 11 is 1.27. The number of tetrazole rings is 1. The van der Waals surface area contributed by atoms with Crippen molar-refractivity contribution in [3.8, 4) is 0 Å². The van der Waals surface area contributed by atoms with Crippen LogP contribution in [0.3, 0.4) is 0 Å². The fourth-order valence-electron chi connectivity index (χ4n) is 4.33. The van der Waals surface area contributed by atoms with E-state index < -0.39 is 0 Å². The molecule has 4 rings (SSSR count). The smallest absolute Gasteiger partial charge is 0.253 e. The minimum absolute atomic E-state index is 0.0947. The maximum absolute atomic E-state index is 12.9. The summed E-state index contributed by atoms with van der Waals surface area (Å²) in [4.78, 5) is 27.0. The Kier molecular flexibility index (Phi) is 6.13. The highest BCUT2D eigenvalue weighted by atomic mass is 32.2. The maximum Gasteiger partial charge on any atom is 0.253 e. The minimum atomic E-state index is -0.142. The molecule has 0 bridgehead atoms. The largest absolute Gasteiger partial charge is 0.338 e. The zero-order chi connectivity index (χ0) is 20.2. The standard InChI is InChI=1S/C20H26N6O2S/c1-25-20(22-23-24-25)29-13-18(27)21-17-8-6-15(7-9-17)19(28)26-11-10-14-4-2-3-5-16(14)12-26/h6-9,14,16H,2-5,10-13H2,1H3,(H,21,27)/t14-,16-/m0/s1. The van der Waals surface area contributed by atoms with Gasteiger partial charge in [-0.15, -0.1) is 5.10 Å². The number of fused-ring (bicyclic) bond motifs is 1. The Labute approximate surface area is 174 Å². The van der Waals surface area contributed by atoms with Crippen molar-refractivity contribution < 1.29 is 9.59 Å². The van der Waals surface area contributed by atoms with Crippen LogP contribution in [0.4, 0.5) is 5.69 Å². The molecule has 2 fully saturated rings. The monoisotopic (exact) mass is 414 g/mol. The highest BCUT2D eigenvalue weighted by molar-refractivity contribution is 7.99. The molecule has 0 spiro atoms. The normalized spacial score (nSPS) is 21.5. The van der Waals surface area contributed by atoms with Gasteiger partial charge < -0.3 is 10.2 Å². The molecule has 1 aliphatic heterocycles. The van der Waals surface area contributed by atoms with E-state index in [0.29, 0.717) is 22.3 Å².